The second-order valence-electron chi connectivity index (χ2n) is 5.46. The van der Waals surface area contributed by atoms with Crippen molar-refractivity contribution in [1.82, 2.24) is 9.47 Å². The minimum Gasteiger partial charge on any atom is -0.347 e. The van der Waals surface area contributed by atoms with Crippen LogP contribution in [0.15, 0.2) is 0 Å². The lowest BCUT2D eigenvalue weighted by Crippen LogP contribution is -2.28. The maximum absolute atomic E-state index is 12.9. The highest BCUT2D eigenvalue weighted by molar-refractivity contribution is 7.62. The molecule has 0 saturated carbocycles. The first-order valence-electron chi connectivity index (χ1n) is 7.38. The summed E-state index contributed by atoms with van der Waals surface area (Å²) in [6.07, 6.45) is 2.02. The van der Waals surface area contributed by atoms with Crippen molar-refractivity contribution in [3.05, 3.63) is 17.0 Å². The standard InChI is InChI=1S/C15H27N2O4P/c1-8-9-10-17-11(2)13(15(18)16(4)5)14(12(17)3)22(19,20-6)21-7/h8-10H2,1-7H3. The van der Waals surface area contributed by atoms with Crippen LogP contribution in [0.2, 0.25) is 0 Å². The van der Waals surface area contributed by atoms with Gasteiger partial charge in [-0.25, -0.2) is 0 Å². The number of carbonyl (C=O) groups is 1. The number of hydrogen-bond donors (Lipinski definition) is 0. The highest BCUT2D eigenvalue weighted by Gasteiger charge is 2.37. The second-order valence-corrected chi connectivity index (χ2v) is 7.63. The maximum Gasteiger partial charge on any atom is 0.363 e. The molecule has 7 heteroatoms. The predicted octanol–water partition coefficient (Wildman–Crippen LogP) is 2.72. The lowest BCUT2D eigenvalue weighted by Gasteiger charge is -2.17. The van der Waals surface area contributed by atoms with Crippen molar-refractivity contribution >= 4 is 18.8 Å². The van der Waals surface area contributed by atoms with Gasteiger partial charge < -0.3 is 18.5 Å². The average molecular weight is 330 g/mol. The van der Waals surface area contributed by atoms with Gasteiger partial charge in [0.25, 0.3) is 5.91 Å². The Morgan fingerprint density at radius 1 is 1.18 bits per heavy atom. The summed E-state index contributed by atoms with van der Waals surface area (Å²) in [7, 11) is 2.52. The predicted molar refractivity (Wildman–Crippen MR) is 88.1 cm³/mol. The van der Waals surface area contributed by atoms with Crippen molar-refractivity contribution in [3.63, 3.8) is 0 Å². The van der Waals surface area contributed by atoms with E-state index < -0.39 is 7.60 Å². The van der Waals surface area contributed by atoms with E-state index in [4.69, 9.17) is 9.05 Å². The van der Waals surface area contributed by atoms with E-state index in [1.807, 2.05) is 18.4 Å². The number of hydrogen-bond acceptors (Lipinski definition) is 4. The summed E-state index contributed by atoms with van der Waals surface area (Å²) < 4.78 is 25.3. The molecule has 1 amide bonds. The largest absolute Gasteiger partial charge is 0.363 e. The zero-order chi connectivity index (χ0) is 17.1. The lowest BCUT2D eigenvalue weighted by molar-refractivity contribution is 0.0827. The normalized spacial score (nSPS) is 11.8. The first kappa shape index (κ1) is 18.9. The summed E-state index contributed by atoms with van der Waals surface area (Å²) in [6, 6.07) is 0. The van der Waals surface area contributed by atoms with Crippen molar-refractivity contribution in [2.75, 3.05) is 28.3 Å². The molecule has 0 fully saturated rings. The summed E-state index contributed by atoms with van der Waals surface area (Å²) >= 11 is 0. The van der Waals surface area contributed by atoms with E-state index >= 15 is 0 Å². The summed E-state index contributed by atoms with van der Waals surface area (Å²) in [5.74, 6) is -0.194. The van der Waals surface area contributed by atoms with E-state index in [0.29, 0.717) is 10.9 Å². The van der Waals surface area contributed by atoms with Crippen LogP contribution in [-0.4, -0.2) is 43.7 Å². The first-order valence-corrected chi connectivity index (χ1v) is 8.92. The van der Waals surface area contributed by atoms with E-state index in [2.05, 4.69) is 6.92 Å². The third-order valence-corrected chi connectivity index (χ3v) is 5.92. The molecular weight excluding hydrogens is 303 g/mol. The fourth-order valence-electron chi connectivity index (χ4n) is 2.59. The SMILES string of the molecule is CCCCn1c(C)c(C(=O)N(C)C)c(P(=O)(OC)OC)c1C. The summed E-state index contributed by atoms with van der Waals surface area (Å²) in [5, 5.41) is 0.379. The van der Waals surface area contributed by atoms with E-state index in [0.717, 1.165) is 30.8 Å². The third kappa shape index (κ3) is 3.29. The Morgan fingerprint density at radius 2 is 1.73 bits per heavy atom. The molecule has 0 N–H and O–H groups in total. The first-order chi connectivity index (χ1) is 10.2. The minimum absolute atomic E-state index is 0.194. The minimum atomic E-state index is -3.51. The molecule has 1 aromatic heterocycles. The van der Waals surface area contributed by atoms with Gasteiger partial charge in [-0.05, 0) is 20.3 Å². The number of aromatic nitrogens is 1. The van der Waals surface area contributed by atoms with E-state index in [1.54, 1.807) is 14.1 Å². The van der Waals surface area contributed by atoms with Gasteiger partial charge in [0.05, 0.1) is 10.9 Å². The van der Waals surface area contributed by atoms with Gasteiger partial charge in [-0.15, -0.1) is 0 Å². The topological polar surface area (TPSA) is 60.8 Å². The van der Waals surface area contributed by atoms with E-state index in [-0.39, 0.29) is 5.91 Å². The van der Waals surface area contributed by atoms with Crippen molar-refractivity contribution in [2.24, 2.45) is 0 Å². The molecule has 0 aliphatic carbocycles. The summed E-state index contributed by atoms with van der Waals surface area (Å²) in [6.45, 7) is 6.61. The van der Waals surface area contributed by atoms with Crippen LogP contribution < -0.4 is 5.30 Å². The number of nitrogens with zero attached hydrogens (tertiary/aromatic N) is 2. The molecule has 22 heavy (non-hydrogen) atoms. The Morgan fingerprint density at radius 3 is 2.14 bits per heavy atom. The highest BCUT2D eigenvalue weighted by Crippen LogP contribution is 2.48. The van der Waals surface area contributed by atoms with Gasteiger partial charge >= 0.3 is 7.60 Å². The monoisotopic (exact) mass is 330 g/mol. The van der Waals surface area contributed by atoms with Crippen LogP contribution in [-0.2, 0) is 20.2 Å². The Hall–Kier alpha value is -1.10. The van der Waals surface area contributed by atoms with Gasteiger partial charge in [0.15, 0.2) is 0 Å². The van der Waals surface area contributed by atoms with E-state index in [9.17, 15) is 9.36 Å². The molecular formula is C15H27N2O4P. The molecule has 1 aromatic rings. The molecule has 1 heterocycles. The van der Waals surface area contributed by atoms with Crippen LogP contribution in [0.4, 0.5) is 0 Å². The van der Waals surface area contributed by atoms with Crippen molar-refractivity contribution < 1.29 is 18.4 Å². The smallest absolute Gasteiger partial charge is 0.347 e. The fraction of sp³-hybridized carbons (Fsp3) is 0.667. The number of rotatable bonds is 7. The fourth-order valence-corrected chi connectivity index (χ4v) is 4.15. The maximum atomic E-state index is 12.9. The molecule has 0 aliphatic heterocycles. The van der Waals surface area contributed by atoms with Gasteiger partial charge in [0.2, 0.25) is 0 Å². The van der Waals surface area contributed by atoms with Crippen molar-refractivity contribution in [1.29, 1.82) is 0 Å². The molecule has 0 atom stereocenters. The molecule has 0 radical (unpaired) electrons. The van der Waals surface area contributed by atoms with Crippen LogP contribution in [0, 0.1) is 13.8 Å². The molecule has 0 saturated heterocycles. The second kappa shape index (κ2) is 7.44. The number of amides is 1. The quantitative estimate of drug-likeness (QED) is 0.721. The molecule has 6 nitrogen and oxygen atoms in total. The number of unbranched alkanes of at least 4 members (excludes halogenated alkanes) is 1. The molecule has 0 spiro atoms. The molecule has 0 aliphatic rings. The highest BCUT2D eigenvalue weighted by atomic mass is 31.2. The molecule has 0 unspecified atom stereocenters. The zero-order valence-corrected chi connectivity index (χ0v) is 15.5. The molecule has 0 bridgehead atoms. The Labute approximate surface area is 132 Å². The van der Waals surface area contributed by atoms with Crippen LogP contribution >= 0.6 is 7.60 Å². The molecule has 1 rings (SSSR count). The molecule has 126 valence electrons. The van der Waals surface area contributed by atoms with Gasteiger partial charge in [-0.1, -0.05) is 13.3 Å². The van der Waals surface area contributed by atoms with Crippen LogP contribution in [0.5, 0.6) is 0 Å². The third-order valence-electron chi connectivity index (χ3n) is 3.86. The van der Waals surface area contributed by atoms with Gasteiger partial charge in [0.1, 0.15) is 0 Å². The van der Waals surface area contributed by atoms with Crippen LogP contribution in [0.1, 0.15) is 41.5 Å². The summed E-state index contributed by atoms with van der Waals surface area (Å²) in [4.78, 5) is 14.1. The average Bonchev–Trinajstić information content (AvgIpc) is 2.75. The van der Waals surface area contributed by atoms with Gasteiger partial charge in [0, 0.05) is 46.2 Å². The van der Waals surface area contributed by atoms with Crippen molar-refractivity contribution in [2.45, 2.75) is 40.2 Å². The Balaban J connectivity index is 3.65. The summed E-state index contributed by atoms with van der Waals surface area (Å²) in [5.41, 5.74) is 1.99. The molecule has 0 aromatic carbocycles. The van der Waals surface area contributed by atoms with Crippen LogP contribution in [0.3, 0.4) is 0 Å². The van der Waals surface area contributed by atoms with Crippen molar-refractivity contribution in [3.8, 4) is 0 Å². The van der Waals surface area contributed by atoms with Crippen LogP contribution in [0.25, 0.3) is 0 Å². The van der Waals surface area contributed by atoms with Gasteiger partial charge in [-0.3, -0.25) is 9.36 Å². The van der Waals surface area contributed by atoms with E-state index in [1.165, 1.54) is 19.1 Å². The Kier molecular flexibility index (Phi) is 6.41. The number of carbonyl (C=O) groups excluding carboxylic acids is 1. The van der Waals surface area contributed by atoms with Gasteiger partial charge in [-0.2, -0.15) is 0 Å². The lowest BCUT2D eigenvalue weighted by atomic mass is 10.2. The Bertz CT molecular complexity index is 585. The zero-order valence-electron chi connectivity index (χ0n) is 14.6.